The van der Waals surface area contributed by atoms with Gasteiger partial charge in [0.05, 0.1) is 30.4 Å². The highest BCUT2D eigenvalue weighted by Crippen LogP contribution is 2.37. The van der Waals surface area contributed by atoms with Crippen LogP contribution in [0, 0.1) is 20.2 Å². The van der Waals surface area contributed by atoms with Crippen molar-refractivity contribution in [3.8, 4) is 11.5 Å². The summed E-state index contributed by atoms with van der Waals surface area (Å²) >= 11 is 0. The molecule has 0 spiro atoms. The van der Waals surface area contributed by atoms with Crippen molar-refractivity contribution in [1.82, 2.24) is 0 Å². The number of nitrogens with zero attached hydrogens (tertiary/aromatic N) is 2. The van der Waals surface area contributed by atoms with E-state index < -0.39 is 76.4 Å². The predicted molar refractivity (Wildman–Crippen MR) is 88.1 cm³/mol. The van der Waals surface area contributed by atoms with Crippen molar-refractivity contribution in [1.29, 1.82) is 0 Å². The Morgan fingerprint density at radius 1 is 0.786 bits per heavy atom. The van der Waals surface area contributed by atoms with E-state index in [9.17, 15) is 44.2 Å². The fourth-order valence-electron chi connectivity index (χ4n) is 2.14. The number of phenols is 2. The molecule has 0 heterocycles. The zero-order valence-electron chi connectivity index (χ0n) is 13.3. The quantitative estimate of drug-likeness (QED) is 0.393. The third-order valence-electron chi connectivity index (χ3n) is 3.41. The van der Waals surface area contributed by atoms with Gasteiger partial charge in [0.1, 0.15) is 11.1 Å². The molecule has 0 aliphatic rings. The summed E-state index contributed by atoms with van der Waals surface area (Å²) < 4.78 is 12.7. The molecule has 146 valence electrons. The molecular formula is C14H8N2O11S. The van der Waals surface area contributed by atoms with Gasteiger partial charge in [0.25, 0.3) is 0 Å². The molecular weight excluding hydrogens is 404 g/mol. The van der Waals surface area contributed by atoms with Gasteiger partial charge in [-0.3, -0.25) is 20.2 Å². The Kier molecular flexibility index (Phi) is 5.26. The van der Waals surface area contributed by atoms with Crippen LogP contribution in [-0.4, -0.2) is 46.4 Å². The van der Waals surface area contributed by atoms with Crippen molar-refractivity contribution in [2.75, 3.05) is 0 Å². The lowest BCUT2D eigenvalue weighted by atomic mass is 10.1. The van der Waals surface area contributed by atoms with Gasteiger partial charge in [-0.15, -0.1) is 0 Å². The fraction of sp³-hybridized carbons (Fsp3) is 0. The lowest BCUT2D eigenvalue weighted by molar-refractivity contribution is -0.386. The summed E-state index contributed by atoms with van der Waals surface area (Å²) in [6.45, 7) is 0. The van der Waals surface area contributed by atoms with E-state index >= 15 is 0 Å². The summed E-state index contributed by atoms with van der Waals surface area (Å²) in [5.74, 6) is -5.94. The molecule has 0 aliphatic carbocycles. The summed E-state index contributed by atoms with van der Waals surface area (Å²) in [5, 5.41) is 59.4. The van der Waals surface area contributed by atoms with E-state index in [4.69, 9.17) is 10.2 Å². The molecule has 0 saturated carbocycles. The first-order chi connectivity index (χ1) is 13.0. The fourth-order valence-corrected chi connectivity index (χ4v) is 3.30. The van der Waals surface area contributed by atoms with Crippen molar-refractivity contribution in [3.63, 3.8) is 0 Å². The average molecular weight is 412 g/mol. The van der Waals surface area contributed by atoms with E-state index in [-0.39, 0.29) is 0 Å². The number of aromatic carboxylic acids is 2. The van der Waals surface area contributed by atoms with Crippen LogP contribution in [0.25, 0.3) is 0 Å². The molecule has 0 radical (unpaired) electrons. The van der Waals surface area contributed by atoms with Gasteiger partial charge < -0.3 is 20.4 Å². The topological polar surface area (TPSA) is 218 Å². The molecule has 28 heavy (non-hydrogen) atoms. The molecule has 0 atom stereocenters. The van der Waals surface area contributed by atoms with Gasteiger partial charge in [0, 0.05) is 12.1 Å². The number of nitro benzene ring substituents is 2. The Hall–Kier alpha value is -4.07. The van der Waals surface area contributed by atoms with Crippen LogP contribution in [0.15, 0.2) is 34.1 Å². The number of carboxylic acids is 2. The molecule has 4 N–H and O–H groups in total. The van der Waals surface area contributed by atoms with Gasteiger partial charge >= 0.3 is 23.3 Å². The first kappa shape index (κ1) is 20.2. The Morgan fingerprint density at radius 2 is 1.11 bits per heavy atom. The molecule has 0 aliphatic heterocycles. The normalized spacial score (nSPS) is 10.6. The highest BCUT2D eigenvalue weighted by molar-refractivity contribution is 7.85. The predicted octanol–water partition coefficient (Wildman–Crippen LogP) is 1.48. The standard InChI is InChI=1S/C14H8N2O11S/c17-11-7(13(19)20)1-5(3-9(11)15(23)24)28(27)6-2-8(14(21)22)12(18)10(4-6)16(25)26/h1-4,17-18H,(H,19,20)(H,21,22). The molecule has 2 aromatic carbocycles. The molecule has 0 amide bonds. The molecule has 0 bridgehead atoms. The zero-order valence-corrected chi connectivity index (χ0v) is 14.1. The highest BCUT2D eigenvalue weighted by atomic mass is 32.2. The number of hydrogen-bond acceptors (Lipinski definition) is 9. The molecule has 0 aromatic heterocycles. The lowest BCUT2D eigenvalue weighted by Crippen LogP contribution is -2.05. The van der Waals surface area contributed by atoms with Crippen LogP contribution in [0.1, 0.15) is 20.7 Å². The van der Waals surface area contributed by atoms with E-state index in [2.05, 4.69) is 0 Å². The summed E-state index contributed by atoms with van der Waals surface area (Å²) in [5.41, 5.74) is -4.08. The van der Waals surface area contributed by atoms with Crippen LogP contribution in [-0.2, 0) is 10.8 Å². The first-order valence-electron chi connectivity index (χ1n) is 6.86. The van der Waals surface area contributed by atoms with E-state index in [1.165, 1.54) is 0 Å². The lowest BCUT2D eigenvalue weighted by Gasteiger charge is -2.08. The van der Waals surface area contributed by atoms with E-state index in [0.717, 1.165) is 0 Å². The van der Waals surface area contributed by atoms with Gasteiger partial charge in [-0.25, -0.2) is 13.8 Å². The van der Waals surface area contributed by atoms with Crippen LogP contribution >= 0.6 is 0 Å². The van der Waals surface area contributed by atoms with Gasteiger partial charge in [0.2, 0.25) is 11.5 Å². The molecule has 0 unspecified atom stereocenters. The van der Waals surface area contributed by atoms with Crippen LogP contribution in [0.5, 0.6) is 11.5 Å². The molecule has 0 saturated heterocycles. The maximum absolute atomic E-state index is 12.7. The zero-order chi connectivity index (χ0) is 21.3. The molecule has 13 nitrogen and oxygen atoms in total. The second-order valence-corrected chi connectivity index (χ2v) is 6.55. The highest BCUT2D eigenvalue weighted by Gasteiger charge is 2.28. The monoisotopic (exact) mass is 412 g/mol. The second-order valence-electron chi connectivity index (χ2n) is 5.07. The molecule has 2 rings (SSSR count). The minimum absolute atomic E-state index is 0.543. The van der Waals surface area contributed by atoms with Crippen LogP contribution in [0.4, 0.5) is 11.4 Å². The number of rotatable bonds is 6. The second kappa shape index (κ2) is 7.28. The van der Waals surface area contributed by atoms with Crippen LogP contribution < -0.4 is 0 Å². The molecule has 14 heteroatoms. The van der Waals surface area contributed by atoms with Crippen molar-refractivity contribution < 1.29 is 44.1 Å². The summed E-state index contributed by atoms with van der Waals surface area (Å²) in [6, 6.07) is 2.44. The maximum atomic E-state index is 12.7. The number of benzene rings is 2. The first-order valence-corrected chi connectivity index (χ1v) is 8.01. The third-order valence-corrected chi connectivity index (χ3v) is 4.74. The van der Waals surface area contributed by atoms with Gasteiger partial charge in [-0.05, 0) is 12.1 Å². The number of hydrogen-bond donors (Lipinski definition) is 4. The minimum atomic E-state index is -2.53. The largest absolute Gasteiger partial charge is 0.501 e. The van der Waals surface area contributed by atoms with Crippen molar-refractivity contribution in [2.24, 2.45) is 0 Å². The van der Waals surface area contributed by atoms with Crippen LogP contribution in [0.3, 0.4) is 0 Å². The van der Waals surface area contributed by atoms with Crippen molar-refractivity contribution in [2.45, 2.75) is 9.79 Å². The number of carbonyl (C=O) groups is 2. The maximum Gasteiger partial charge on any atom is 0.339 e. The SMILES string of the molecule is O=C(O)c1cc(S(=O)c2cc(C(=O)O)c(O)c([N+](=O)[O-])c2)cc([N+](=O)[O-])c1O. The van der Waals surface area contributed by atoms with Crippen LogP contribution in [0.2, 0.25) is 0 Å². The van der Waals surface area contributed by atoms with Gasteiger partial charge in [-0.2, -0.15) is 0 Å². The Bertz CT molecular complexity index is 925. The Balaban J connectivity index is 2.76. The van der Waals surface area contributed by atoms with E-state index in [1.54, 1.807) is 0 Å². The Morgan fingerprint density at radius 3 is 1.36 bits per heavy atom. The number of aromatic hydroxyl groups is 2. The third kappa shape index (κ3) is 3.56. The summed E-state index contributed by atoms with van der Waals surface area (Å²) in [6.07, 6.45) is 0. The van der Waals surface area contributed by atoms with Gasteiger partial charge in [-0.1, -0.05) is 0 Å². The minimum Gasteiger partial charge on any atom is -0.501 e. The van der Waals surface area contributed by atoms with E-state index in [0.29, 0.717) is 24.3 Å². The van der Waals surface area contributed by atoms with Crippen molar-refractivity contribution in [3.05, 3.63) is 55.6 Å². The Labute approximate surface area is 155 Å². The van der Waals surface area contributed by atoms with E-state index in [1.807, 2.05) is 0 Å². The molecule has 0 fully saturated rings. The summed E-state index contributed by atoms with van der Waals surface area (Å²) in [7, 11) is -2.53. The number of nitro groups is 2. The van der Waals surface area contributed by atoms with Gasteiger partial charge in [0.15, 0.2) is 0 Å². The summed E-state index contributed by atoms with van der Waals surface area (Å²) in [4.78, 5) is 40.9. The molecule has 2 aromatic rings. The average Bonchev–Trinajstić information content (AvgIpc) is 2.60. The smallest absolute Gasteiger partial charge is 0.339 e. The number of carboxylic acid groups (broad SMARTS) is 2. The van der Waals surface area contributed by atoms with Crippen molar-refractivity contribution >= 4 is 34.1 Å².